The van der Waals surface area contributed by atoms with Crippen LogP contribution in [0.25, 0.3) is 5.69 Å². The monoisotopic (exact) mass is 456 g/mol. The lowest BCUT2D eigenvalue weighted by atomic mass is 10.3. The van der Waals surface area contributed by atoms with E-state index in [-0.39, 0.29) is 12.3 Å². The van der Waals surface area contributed by atoms with Gasteiger partial charge < -0.3 is 5.32 Å². The van der Waals surface area contributed by atoms with Gasteiger partial charge in [-0.2, -0.15) is 0 Å². The Labute approximate surface area is 185 Å². The summed E-state index contributed by atoms with van der Waals surface area (Å²) in [5.74, 6) is 0.623. The summed E-state index contributed by atoms with van der Waals surface area (Å²) in [6, 6.07) is 19.3. The Bertz CT molecular complexity index is 1150. The van der Waals surface area contributed by atoms with Crippen LogP contribution in [0.3, 0.4) is 0 Å². The SMILES string of the molecule is O=C(Cc1nc(CSc2nn(-c3ccccc3)c(=S)s2)cs1)Nc1ccccc1. The maximum absolute atomic E-state index is 12.2. The van der Waals surface area contributed by atoms with E-state index in [0.717, 1.165) is 30.4 Å². The fourth-order valence-electron chi connectivity index (χ4n) is 2.55. The van der Waals surface area contributed by atoms with Gasteiger partial charge in [0.25, 0.3) is 0 Å². The number of aromatic nitrogens is 3. The molecule has 0 aliphatic heterocycles. The first-order chi connectivity index (χ1) is 14.2. The Morgan fingerprint density at radius 2 is 1.83 bits per heavy atom. The molecule has 0 atom stereocenters. The van der Waals surface area contributed by atoms with Gasteiger partial charge in [0, 0.05) is 16.8 Å². The van der Waals surface area contributed by atoms with Gasteiger partial charge >= 0.3 is 0 Å². The van der Waals surface area contributed by atoms with Crippen LogP contribution in [0.4, 0.5) is 5.69 Å². The third kappa shape index (κ3) is 5.39. The molecule has 9 heteroatoms. The van der Waals surface area contributed by atoms with Crippen LogP contribution in [-0.2, 0) is 17.0 Å². The van der Waals surface area contributed by atoms with Crippen molar-refractivity contribution in [2.75, 3.05) is 5.32 Å². The van der Waals surface area contributed by atoms with Crippen molar-refractivity contribution in [2.45, 2.75) is 16.5 Å². The molecule has 146 valence electrons. The molecule has 0 saturated heterocycles. The summed E-state index contributed by atoms with van der Waals surface area (Å²) < 4.78 is 3.40. The molecule has 4 aromatic rings. The molecule has 0 saturated carbocycles. The zero-order valence-corrected chi connectivity index (χ0v) is 18.4. The third-order valence-electron chi connectivity index (χ3n) is 3.84. The fraction of sp³-hybridized carbons (Fsp3) is 0.100. The first-order valence-electron chi connectivity index (χ1n) is 8.74. The van der Waals surface area contributed by atoms with Gasteiger partial charge in [0.05, 0.1) is 17.8 Å². The molecule has 2 aromatic carbocycles. The van der Waals surface area contributed by atoms with Crippen molar-refractivity contribution < 1.29 is 4.79 Å². The number of hydrogen-bond donors (Lipinski definition) is 1. The van der Waals surface area contributed by atoms with Gasteiger partial charge in [0.15, 0.2) is 8.29 Å². The van der Waals surface area contributed by atoms with E-state index >= 15 is 0 Å². The molecule has 0 unspecified atom stereocenters. The van der Waals surface area contributed by atoms with E-state index in [1.165, 1.54) is 22.7 Å². The largest absolute Gasteiger partial charge is 0.326 e. The molecule has 0 spiro atoms. The highest BCUT2D eigenvalue weighted by molar-refractivity contribution is 8.00. The van der Waals surface area contributed by atoms with E-state index in [4.69, 9.17) is 12.2 Å². The molecule has 0 bridgehead atoms. The molecular weight excluding hydrogens is 441 g/mol. The second kappa shape index (κ2) is 9.45. The van der Waals surface area contributed by atoms with Crippen molar-refractivity contribution in [3.63, 3.8) is 0 Å². The number of anilines is 1. The van der Waals surface area contributed by atoms with Crippen LogP contribution in [0, 0.1) is 3.95 Å². The third-order valence-corrected chi connectivity index (χ3v) is 7.14. The standard InChI is InChI=1S/C20H16N4OS4/c25-17(21-14-7-3-1-4-8-14)11-18-22-15(12-27-18)13-28-19-23-24(20(26)29-19)16-9-5-2-6-10-16/h1-10,12H,11,13H2,(H,21,25). The number of thioether (sulfide) groups is 1. The number of thiazole rings is 1. The Balaban J connectivity index is 1.34. The zero-order chi connectivity index (χ0) is 20.1. The lowest BCUT2D eigenvalue weighted by molar-refractivity contribution is -0.115. The molecule has 0 radical (unpaired) electrons. The number of rotatable bonds is 7. The Kier molecular flexibility index (Phi) is 6.50. The minimum atomic E-state index is -0.0654. The molecule has 2 heterocycles. The van der Waals surface area contributed by atoms with Gasteiger partial charge in [-0.05, 0) is 36.5 Å². The van der Waals surface area contributed by atoms with Crippen LogP contribution in [-0.4, -0.2) is 20.7 Å². The summed E-state index contributed by atoms with van der Waals surface area (Å²) in [7, 11) is 0. The summed E-state index contributed by atoms with van der Waals surface area (Å²) in [6.07, 6.45) is 0.270. The molecule has 1 amide bonds. The van der Waals surface area contributed by atoms with Crippen LogP contribution < -0.4 is 5.32 Å². The molecule has 0 aliphatic rings. The average Bonchev–Trinajstić information content (AvgIpc) is 3.33. The Morgan fingerprint density at radius 3 is 2.59 bits per heavy atom. The molecule has 5 nitrogen and oxygen atoms in total. The van der Waals surface area contributed by atoms with E-state index < -0.39 is 0 Å². The first-order valence-corrected chi connectivity index (χ1v) is 11.8. The summed E-state index contributed by atoms with van der Waals surface area (Å²) >= 11 is 10.0. The Hall–Kier alpha value is -2.33. The fourth-order valence-corrected chi connectivity index (χ4v) is 5.70. The summed E-state index contributed by atoms with van der Waals surface area (Å²) in [5.41, 5.74) is 2.69. The van der Waals surface area contributed by atoms with Gasteiger partial charge in [0.2, 0.25) is 5.91 Å². The van der Waals surface area contributed by atoms with Crippen LogP contribution in [0.5, 0.6) is 0 Å². The van der Waals surface area contributed by atoms with Crippen molar-refractivity contribution in [3.8, 4) is 5.69 Å². The van der Waals surface area contributed by atoms with Crippen molar-refractivity contribution >= 4 is 58.2 Å². The Morgan fingerprint density at radius 1 is 1.10 bits per heavy atom. The summed E-state index contributed by atoms with van der Waals surface area (Å²) in [6.45, 7) is 0. The molecule has 2 aromatic heterocycles. The average molecular weight is 457 g/mol. The topological polar surface area (TPSA) is 59.8 Å². The molecule has 4 rings (SSSR count). The maximum Gasteiger partial charge on any atom is 0.231 e. The summed E-state index contributed by atoms with van der Waals surface area (Å²) in [4.78, 5) is 16.7. The zero-order valence-electron chi connectivity index (χ0n) is 15.1. The van der Waals surface area contributed by atoms with E-state index in [9.17, 15) is 4.79 Å². The number of para-hydroxylation sites is 2. The number of nitrogens with one attached hydrogen (secondary N) is 1. The quantitative estimate of drug-likeness (QED) is 0.290. The van der Waals surface area contributed by atoms with Gasteiger partial charge in [-0.3, -0.25) is 4.79 Å². The van der Waals surface area contributed by atoms with Crippen LogP contribution in [0.2, 0.25) is 0 Å². The predicted octanol–water partition coefficient (Wildman–Crippen LogP) is 5.59. The minimum Gasteiger partial charge on any atom is -0.326 e. The second-order valence-corrected chi connectivity index (χ2v) is 9.78. The number of hydrogen-bond acceptors (Lipinski definition) is 7. The maximum atomic E-state index is 12.2. The van der Waals surface area contributed by atoms with Crippen molar-refractivity contribution in [1.29, 1.82) is 0 Å². The molecule has 0 fully saturated rings. The molecule has 1 N–H and O–H groups in total. The number of benzene rings is 2. The van der Waals surface area contributed by atoms with Crippen LogP contribution in [0.15, 0.2) is 70.4 Å². The van der Waals surface area contributed by atoms with E-state index in [2.05, 4.69) is 15.4 Å². The van der Waals surface area contributed by atoms with Crippen molar-refractivity contribution in [1.82, 2.24) is 14.8 Å². The highest BCUT2D eigenvalue weighted by Crippen LogP contribution is 2.27. The van der Waals surface area contributed by atoms with Gasteiger partial charge in [0.1, 0.15) is 5.01 Å². The minimum absolute atomic E-state index is 0.0654. The predicted molar refractivity (Wildman–Crippen MR) is 123 cm³/mol. The molecular formula is C20H16N4OS4. The van der Waals surface area contributed by atoms with E-state index in [1.807, 2.05) is 66.0 Å². The number of carbonyl (C=O) groups is 1. The smallest absolute Gasteiger partial charge is 0.231 e. The van der Waals surface area contributed by atoms with Crippen LogP contribution >= 0.6 is 46.7 Å². The number of amides is 1. The first kappa shape index (κ1) is 20.0. The van der Waals surface area contributed by atoms with E-state index in [0.29, 0.717) is 5.75 Å². The van der Waals surface area contributed by atoms with Crippen molar-refractivity contribution in [3.05, 3.63) is 80.7 Å². The van der Waals surface area contributed by atoms with Gasteiger partial charge in [-0.25, -0.2) is 9.67 Å². The number of nitrogens with zero attached hydrogens (tertiary/aromatic N) is 3. The molecule has 0 aliphatic carbocycles. The normalized spacial score (nSPS) is 10.8. The molecule has 29 heavy (non-hydrogen) atoms. The number of carbonyl (C=O) groups excluding carboxylic acids is 1. The van der Waals surface area contributed by atoms with Gasteiger partial charge in [-0.15, -0.1) is 16.4 Å². The highest BCUT2D eigenvalue weighted by atomic mass is 32.2. The van der Waals surface area contributed by atoms with Gasteiger partial charge in [-0.1, -0.05) is 59.5 Å². The van der Waals surface area contributed by atoms with Crippen LogP contribution in [0.1, 0.15) is 10.7 Å². The lowest BCUT2D eigenvalue weighted by Gasteiger charge is -2.02. The highest BCUT2D eigenvalue weighted by Gasteiger charge is 2.11. The lowest BCUT2D eigenvalue weighted by Crippen LogP contribution is -2.14. The second-order valence-electron chi connectivity index (χ2n) is 5.99. The van der Waals surface area contributed by atoms with Crippen molar-refractivity contribution in [2.24, 2.45) is 0 Å². The van der Waals surface area contributed by atoms with E-state index in [1.54, 1.807) is 16.4 Å². The summed E-state index contributed by atoms with van der Waals surface area (Å²) in [5, 5.41) is 10.3.